The topological polar surface area (TPSA) is 65.0 Å². The lowest BCUT2D eigenvalue weighted by molar-refractivity contribution is 0.0111. The highest BCUT2D eigenvalue weighted by atomic mass is 16.5. The van der Waals surface area contributed by atoms with E-state index in [4.69, 9.17) is 9.47 Å². The zero-order valence-electron chi connectivity index (χ0n) is 12.7. The summed E-state index contributed by atoms with van der Waals surface area (Å²) in [5.41, 5.74) is -0.253. The monoisotopic (exact) mass is 292 g/mol. The SMILES string of the molecule is CCC(O)(C#Cc1ccc(C(=O)OC)cc1OC)COC. The average molecular weight is 292 g/mol. The Kier molecular flexibility index (Phi) is 6.22. The molecule has 0 saturated heterocycles. The van der Waals surface area contributed by atoms with E-state index in [0.29, 0.717) is 23.3 Å². The van der Waals surface area contributed by atoms with Gasteiger partial charge in [0.15, 0.2) is 0 Å². The molecule has 1 aromatic carbocycles. The van der Waals surface area contributed by atoms with E-state index in [1.165, 1.54) is 21.3 Å². The Morgan fingerprint density at radius 3 is 2.57 bits per heavy atom. The summed E-state index contributed by atoms with van der Waals surface area (Å²) in [5, 5.41) is 10.2. The molecular formula is C16H20O5. The molecule has 5 heteroatoms. The van der Waals surface area contributed by atoms with E-state index in [9.17, 15) is 9.90 Å². The molecule has 1 unspecified atom stereocenters. The first-order valence-corrected chi connectivity index (χ1v) is 6.50. The van der Waals surface area contributed by atoms with Gasteiger partial charge in [-0.05, 0) is 24.6 Å². The van der Waals surface area contributed by atoms with Crippen molar-refractivity contribution in [3.8, 4) is 17.6 Å². The minimum Gasteiger partial charge on any atom is -0.495 e. The van der Waals surface area contributed by atoms with Crippen LogP contribution in [0.25, 0.3) is 0 Å². The molecule has 0 heterocycles. The first kappa shape index (κ1) is 17.0. The number of hydrogen-bond donors (Lipinski definition) is 1. The summed E-state index contributed by atoms with van der Waals surface area (Å²) in [4.78, 5) is 11.5. The molecule has 0 amide bonds. The number of methoxy groups -OCH3 is 3. The van der Waals surface area contributed by atoms with E-state index in [1.807, 2.05) is 6.92 Å². The number of aliphatic hydroxyl groups is 1. The third kappa shape index (κ3) is 4.48. The molecule has 0 spiro atoms. The number of esters is 1. The van der Waals surface area contributed by atoms with Crippen LogP contribution in [0.1, 0.15) is 29.3 Å². The number of rotatable bonds is 5. The van der Waals surface area contributed by atoms with Crippen molar-refractivity contribution in [1.29, 1.82) is 0 Å². The lowest BCUT2D eigenvalue weighted by atomic mass is 10.0. The molecule has 1 atom stereocenters. The highest BCUT2D eigenvalue weighted by Gasteiger charge is 2.21. The van der Waals surface area contributed by atoms with Crippen LogP contribution in [0.2, 0.25) is 0 Å². The molecule has 21 heavy (non-hydrogen) atoms. The number of carbonyl (C=O) groups excluding carboxylic acids is 1. The minimum atomic E-state index is -1.21. The first-order chi connectivity index (χ1) is 9.99. The average Bonchev–Trinajstić information content (AvgIpc) is 2.52. The predicted octanol–water partition coefficient (Wildman–Crippen LogP) is 1.62. The van der Waals surface area contributed by atoms with Gasteiger partial charge in [-0.25, -0.2) is 4.79 Å². The van der Waals surface area contributed by atoms with Gasteiger partial charge in [0.1, 0.15) is 11.4 Å². The van der Waals surface area contributed by atoms with E-state index in [-0.39, 0.29) is 6.61 Å². The molecule has 1 N–H and O–H groups in total. The summed E-state index contributed by atoms with van der Waals surface area (Å²) in [6.07, 6.45) is 0.441. The van der Waals surface area contributed by atoms with Gasteiger partial charge in [0.05, 0.1) is 32.0 Å². The fraction of sp³-hybridized carbons (Fsp3) is 0.438. The van der Waals surface area contributed by atoms with Crippen molar-refractivity contribution in [3.05, 3.63) is 29.3 Å². The van der Waals surface area contributed by atoms with Gasteiger partial charge in [-0.3, -0.25) is 0 Å². The van der Waals surface area contributed by atoms with Crippen molar-refractivity contribution in [3.63, 3.8) is 0 Å². The summed E-state index contributed by atoms with van der Waals surface area (Å²) in [7, 11) is 4.31. The van der Waals surface area contributed by atoms with Gasteiger partial charge in [-0.2, -0.15) is 0 Å². The molecule has 0 saturated carbocycles. The number of benzene rings is 1. The maximum atomic E-state index is 11.5. The third-order valence-electron chi connectivity index (χ3n) is 3.02. The van der Waals surface area contributed by atoms with Crippen LogP contribution >= 0.6 is 0 Å². The van der Waals surface area contributed by atoms with Gasteiger partial charge in [-0.1, -0.05) is 18.8 Å². The Morgan fingerprint density at radius 1 is 1.33 bits per heavy atom. The van der Waals surface area contributed by atoms with Crippen molar-refractivity contribution >= 4 is 5.97 Å². The Morgan fingerprint density at radius 2 is 2.05 bits per heavy atom. The summed E-state index contributed by atoms with van der Waals surface area (Å²) >= 11 is 0. The van der Waals surface area contributed by atoms with Crippen LogP contribution in [0.5, 0.6) is 5.75 Å². The highest BCUT2D eigenvalue weighted by molar-refractivity contribution is 5.90. The van der Waals surface area contributed by atoms with Gasteiger partial charge in [-0.15, -0.1) is 0 Å². The molecule has 1 aromatic rings. The van der Waals surface area contributed by atoms with Crippen LogP contribution < -0.4 is 4.74 Å². The van der Waals surface area contributed by atoms with Crippen molar-refractivity contribution < 1.29 is 24.1 Å². The molecule has 5 nitrogen and oxygen atoms in total. The second-order valence-corrected chi connectivity index (χ2v) is 4.47. The van der Waals surface area contributed by atoms with Crippen LogP contribution in [0.4, 0.5) is 0 Å². The van der Waals surface area contributed by atoms with Gasteiger partial charge >= 0.3 is 5.97 Å². The molecule has 0 aliphatic heterocycles. The normalized spacial score (nSPS) is 12.8. The van der Waals surface area contributed by atoms with Crippen LogP contribution in [-0.4, -0.2) is 44.6 Å². The van der Waals surface area contributed by atoms with Crippen LogP contribution in [0.15, 0.2) is 18.2 Å². The fourth-order valence-corrected chi connectivity index (χ4v) is 1.69. The fourth-order valence-electron chi connectivity index (χ4n) is 1.69. The van der Waals surface area contributed by atoms with Gasteiger partial charge in [0, 0.05) is 7.11 Å². The van der Waals surface area contributed by atoms with Crippen LogP contribution in [0, 0.1) is 11.8 Å². The van der Waals surface area contributed by atoms with E-state index >= 15 is 0 Å². The molecule has 0 bridgehead atoms. The van der Waals surface area contributed by atoms with E-state index in [1.54, 1.807) is 18.2 Å². The summed E-state index contributed by atoms with van der Waals surface area (Å²) in [6, 6.07) is 4.80. The molecule has 0 aliphatic carbocycles. The lowest BCUT2D eigenvalue weighted by Gasteiger charge is -2.18. The molecule has 0 radical (unpaired) electrons. The summed E-state index contributed by atoms with van der Waals surface area (Å²) < 4.78 is 14.8. The Bertz CT molecular complexity index is 556. The van der Waals surface area contributed by atoms with Gasteiger partial charge in [0.2, 0.25) is 0 Å². The first-order valence-electron chi connectivity index (χ1n) is 6.50. The highest BCUT2D eigenvalue weighted by Crippen LogP contribution is 2.20. The van der Waals surface area contributed by atoms with Gasteiger partial charge in [0.25, 0.3) is 0 Å². The summed E-state index contributed by atoms with van der Waals surface area (Å²) in [5.74, 6) is 5.65. The van der Waals surface area contributed by atoms with Crippen molar-refractivity contribution in [2.24, 2.45) is 0 Å². The van der Waals surface area contributed by atoms with Crippen molar-refractivity contribution in [2.45, 2.75) is 18.9 Å². The quantitative estimate of drug-likeness (QED) is 0.660. The van der Waals surface area contributed by atoms with Crippen molar-refractivity contribution in [1.82, 2.24) is 0 Å². The molecule has 0 fully saturated rings. The van der Waals surface area contributed by atoms with E-state index < -0.39 is 11.6 Å². The zero-order chi connectivity index (χ0) is 15.9. The second-order valence-electron chi connectivity index (χ2n) is 4.47. The smallest absolute Gasteiger partial charge is 0.337 e. The number of carbonyl (C=O) groups is 1. The third-order valence-corrected chi connectivity index (χ3v) is 3.02. The van der Waals surface area contributed by atoms with Crippen molar-refractivity contribution in [2.75, 3.05) is 27.9 Å². The largest absolute Gasteiger partial charge is 0.495 e. The van der Waals surface area contributed by atoms with E-state index in [0.717, 1.165) is 0 Å². The van der Waals surface area contributed by atoms with Gasteiger partial charge < -0.3 is 19.3 Å². The second kappa shape index (κ2) is 7.67. The maximum Gasteiger partial charge on any atom is 0.337 e. The number of hydrogen-bond acceptors (Lipinski definition) is 5. The van der Waals surface area contributed by atoms with E-state index in [2.05, 4.69) is 16.6 Å². The van der Waals surface area contributed by atoms with Crippen LogP contribution in [-0.2, 0) is 9.47 Å². The Labute approximate surface area is 124 Å². The minimum absolute atomic E-state index is 0.124. The Balaban J connectivity index is 3.12. The molecule has 0 aliphatic rings. The standard InChI is InChI=1S/C16H20O5/c1-5-16(18,11-19-2)9-8-12-6-7-13(15(17)21-4)10-14(12)20-3/h6-7,10,18H,5,11H2,1-4H3. The lowest BCUT2D eigenvalue weighted by Crippen LogP contribution is -2.31. The molecular weight excluding hydrogens is 272 g/mol. The predicted molar refractivity (Wildman–Crippen MR) is 78.3 cm³/mol. The zero-order valence-corrected chi connectivity index (χ0v) is 12.7. The van der Waals surface area contributed by atoms with Crippen LogP contribution in [0.3, 0.4) is 0 Å². The molecule has 0 aromatic heterocycles. The number of ether oxygens (including phenoxy) is 3. The Hall–Kier alpha value is -2.03. The summed E-state index contributed by atoms with van der Waals surface area (Å²) in [6.45, 7) is 1.95. The molecule has 114 valence electrons. The maximum absolute atomic E-state index is 11.5. The molecule has 1 rings (SSSR count).